The first-order valence-electron chi connectivity index (χ1n) is 10.9. The zero-order chi connectivity index (χ0) is 24.2. The predicted octanol–water partition coefficient (Wildman–Crippen LogP) is 3.03. The monoisotopic (exact) mass is 462 g/mol. The summed E-state index contributed by atoms with van der Waals surface area (Å²) in [5.41, 5.74) is 3.46. The zero-order valence-electron chi connectivity index (χ0n) is 19.3. The molecule has 0 aliphatic carbocycles. The van der Waals surface area contributed by atoms with Crippen molar-refractivity contribution in [3.8, 4) is 11.4 Å². The molecular weight excluding hydrogens is 436 g/mol. The molecule has 176 valence electrons. The van der Waals surface area contributed by atoms with Gasteiger partial charge >= 0.3 is 5.97 Å². The van der Waals surface area contributed by atoms with Crippen molar-refractivity contribution in [2.24, 2.45) is 5.92 Å². The Morgan fingerprint density at radius 3 is 2.53 bits per heavy atom. The van der Waals surface area contributed by atoms with Crippen molar-refractivity contribution >= 4 is 29.2 Å². The van der Waals surface area contributed by atoms with Crippen LogP contribution in [-0.2, 0) is 19.1 Å². The molecule has 1 N–H and O–H groups in total. The van der Waals surface area contributed by atoms with Gasteiger partial charge in [-0.25, -0.2) is 4.68 Å². The summed E-state index contributed by atoms with van der Waals surface area (Å²) in [4.78, 5) is 39.1. The van der Waals surface area contributed by atoms with E-state index in [9.17, 15) is 14.4 Å². The van der Waals surface area contributed by atoms with Crippen molar-refractivity contribution < 1.29 is 23.9 Å². The van der Waals surface area contributed by atoms with E-state index in [-0.39, 0.29) is 18.9 Å². The highest BCUT2D eigenvalue weighted by molar-refractivity contribution is 6.01. The lowest BCUT2D eigenvalue weighted by Gasteiger charge is -2.19. The second kappa shape index (κ2) is 9.78. The maximum atomic E-state index is 12.6. The molecule has 1 aliphatic rings. The summed E-state index contributed by atoms with van der Waals surface area (Å²) in [6.45, 7) is 3.37. The average molecular weight is 463 g/mol. The number of aromatic nitrogens is 2. The third-order valence-electron chi connectivity index (χ3n) is 5.74. The molecule has 0 saturated carbocycles. The van der Waals surface area contributed by atoms with Gasteiger partial charge in [0.2, 0.25) is 5.91 Å². The number of carbonyl (C=O) groups excluding carboxylic acids is 3. The van der Waals surface area contributed by atoms with Gasteiger partial charge in [-0.3, -0.25) is 14.4 Å². The summed E-state index contributed by atoms with van der Waals surface area (Å²) in [5.74, 6) is -1.37. The lowest BCUT2D eigenvalue weighted by atomic mass is 10.1. The van der Waals surface area contributed by atoms with E-state index in [0.717, 1.165) is 11.4 Å². The van der Waals surface area contributed by atoms with Gasteiger partial charge in [0.1, 0.15) is 5.75 Å². The maximum Gasteiger partial charge on any atom is 0.311 e. The number of hydrogen-bond acceptors (Lipinski definition) is 6. The zero-order valence-corrected chi connectivity index (χ0v) is 19.3. The fourth-order valence-corrected chi connectivity index (χ4v) is 4.03. The lowest BCUT2D eigenvalue weighted by molar-refractivity contribution is -0.151. The van der Waals surface area contributed by atoms with Crippen molar-refractivity contribution in [2.45, 2.75) is 20.3 Å². The largest absolute Gasteiger partial charge is 0.495 e. The highest BCUT2D eigenvalue weighted by Crippen LogP contribution is 2.33. The fraction of sp³-hybridized carbons (Fsp3) is 0.280. The minimum absolute atomic E-state index is 0.0144. The molecule has 9 nitrogen and oxygen atoms in total. The van der Waals surface area contributed by atoms with E-state index in [2.05, 4.69) is 10.4 Å². The molecular formula is C25H26N4O5. The molecule has 2 amide bonds. The van der Waals surface area contributed by atoms with Gasteiger partial charge in [-0.2, -0.15) is 5.10 Å². The lowest BCUT2D eigenvalue weighted by Crippen LogP contribution is -2.28. The first-order chi connectivity index (χ1) is 16.4. The third kappa shape index (κ3) is 4.63. The Labute approximate surface area is 197 Å². The van der Waals surface area contributed by atoms with Gasteiger partial charge in [-0.1, -0.05) is 30.3 Å². The van der Waals surface area contributed by atoms with Crippen LogP contribution < -0.4 is 15.0 Å². The number of nitrogens with zero attached hydrogens (tertiary/aromatic N) is 3. The standard InChI is InChI=1S/C25H26N4O5/c1-16-24(17(2)29(27-16)19-9-5-4-6-10-19)26-22(30)15-34-25(32)18-13-23(31)28(14-18)20-11-7-8-12-21(20)33-3/h4-12,18H,13-15H2,1-3H3,(H,26,30)/t18-/m0/s1. The normalized spacial score (nSPS) is 15.3. The van der Waals surface area contributed by atoms with Crippen LogP contribution in [0.15, 0.2) is 54.6 Å². The van der Waals surface area contributed by atoms with Gasteiger partial charge in [-0.15, -0.1) is 0 Å². The van der Waals surface area contributed by atoms with E-state index in [1.54, 1.807) is 35.9 Å². The molecule has 1 aromatic heterocycles. The van der Waals surface area contributed by atoms with Crippen LogP contribution in [0.4, 0.5) is 11.4 Å². The Balaban J connectivity index is 1.36. The van der Waals surface area contributed by atoms with Crippen LogP contribution in [0, 0.1) is 19.8 Å². The molecule has 3 aromatic rings. The minimum atomic E-state index is -0.658. The number of rotatable bonds is 7. The van der Waals surface area contributed by atoms with Crippen molar-refractivity contribution in [3.05, 3.63) is 66.0 Å². The van der Waals surface area contributed by atoms with Crippen LogP contribution in [-0.4, -0.2) is 47.8 Å². The molecule has 2 aromatic carbocycles. The van der Waals surface area contributed by atoms with Gasteiger partial charge in [0, 0.05) is 13.0 Å². The number of amides is 2. The van der Waals surface area contributed by atoms with E-state index in [1.807, 2.05) is 37.3 Å². The number of aryl methyl sites for hydroxylation is 1. The molecule has 1 atom stereocenters. The number of benzene rings is 2. The van der Waals surface area contributed by atoms with Crippen LogP contribution >= 0.6 is 0 Å². The Hall–Kier alpha value is -4.14. The van der Waals surface area contributed by atoms with Gasteiger partial charge < -0.3 is 19.7 Å². The SMILES string of the molecule is COc1ccccc1N1C[C@@H](C(=O)OCC(=O)Nc2c(C)nn(-c3ccccc3)c2C)CC1=O. The molecule has 0 radical (unpaired) electrons. The Kier molecular flexibility index (Phi) is 6.62. The van der Waals surface area contributed by atoms with Gasteiger partial charge in [0.25, 0.3) is 5.91 Å². The van der Waals surface area contributed by atoms with E-state index in [4.69, 9.17) is 9.47 Å². The number of para-hydroxylation sites is 3. The molecule has 1 aliphatic heterocycles. The number of esters is 1. The van der Waals surface area contributed by atoms with Crippen molar-refractivity contribution in [3.63, 3.8) is 0 Å². The first-order valence-corrected chi connectivity index (χ1v) is 10.9. The van der Waals surface area contributed by atoms with Gasteiger partial charge in [-0.05, 0) is 38.1 Å². The minimum Gasteiger partial charge on any atom is -0.495 e. The molecule has 2 heterocycles. The number of anilines is 2. The van der Waals surface area contributed by atoms with Crippen molar-refractivity contribution in [2.75, 3.05) is 30.5 Å². The molecule has 4 rings (SSSR count). The molecule has 9 heteroatoms. The number of hydrogen-bond donors (Lipinski definition) is 1. The predicted molar refractivity (Wildman–Crippen MR) is 126 cm³/mol. The van der Waals surface area contributed by atoms with Crippen LogP contribution in [0.25, 0.3) is 5.69 Å². The van der Waals surface area contributed by atoms with E-state index < -0.39 is 24.4 Å². The number of ether oxygens (including phenoxy) is 2. The fourth-order valence-electron chi connectivity index (χ4n) is 4.03. The van der Waals surface area contributed by atoms with Crippen LogP contribution in [0.3, 0.4) is 0 Å². The summed E-state index contributed by atoms with van der Waals surface area (Å²) in [5, 5.41) is 7.27. The average Bonchev–Trinajstić information content (AvgIpc) is 3.37. The third-order valence-corrected chi connectivity index (χ3v) is 5.74. The molecule has 1 saturated heterocycles. The number of methoxy groups -OCH3 is 1. The molecule has 0 bridgehead atoms. The molecule has 0 unspecified atom stereocenters. The summed E-state index contributed by atoms with van der Waals surface area (Å²) in [7, 11) is 1.52. The van der Waals surface area contributed by atoms with Gasteiger partial charge in [0.05, 0.1) is 41.5 Å². The van der Waals surface area contributed by atoms with Crippen molar-refractivity contribution in [1.82, 2.24) is 9.78 Å². The van der Waals surface area contributed by atoms with E-state index in [0.29, 0.717) is 22.8 Å². The van der Waals surface area contributed by atoms with Crippen LogP contribution in [0.1, 0.15) is 17.8 Å². The number of carbonyl (C=O) groups is 3. The Bertz CT molecular complexity index is 1220. The van der Waals surface area contributed by atoms with Crippen LogP contribution in [0.5, 0.6) is 5.75 Å². The second-order valence-corrected chi connectivity index (χ2v) is 8.03. The first kappa shape index (κ1) is 23.0. The smallest absolute Gasteiger partial charge is 0.311 e. The van der Waals surface area contributed by atoms with Crippen molar-refractivity contribution in [1.29, 1.82) is 0 Å². The molecule has 0 spiro atoms. The molecule has 1 fully saturated rings. The van der Waals surface area contributed by atoms with E-state index >= 15 is 0 Å². The molecule has 34 heavy (non-hydrogen) atoms. The summed E-state index contributed by atoms with van der Waals surface area (Å²) in [6, 6.07) is 16.7. The second-order valence-electron chi connectivity index (χ2n) is 8.03. The van der Waals surface area contributed by atoms with Gasteiger partial charge in [0.15, 0.2) is 6.61 Å². The summed E-state index contributed by atoms with van der Waals surface area (Å²) < 4.78 is 12.3. The maximum absolute atomic E-state index is 12.6. The number of nitrogens with one attached hydrogen (secondary N) is 1. The highest BCUT2D eigenvalue weighted by atomic mass is 16.5. The summed E-state index contributed by atoms with van der Waals surface area (Å²) in [6.07, 6.45) is 0.0144. The quantitative estimate of drug-likeness (QED) is 0.542. The van der Waals surface area contributed by atoms with Crippen LogP contribution in [0.2, 0.25) is 0 Å². The topological polar surface area (TPSA) is 103 Å². The highest BCUT2D eigenvalue weighted by Gasteiger charge is 2.37. The summed E-state index contributed by atoms with van der Waals surface area (Å²) >= 11 is 0. The Morgan fingerprint density at radius 1 is 1.09 bits per heavy atom. The Morgan fingerprint density at radius 2 is 1.79 bits per heavy atom. The van der Waals surface area contributed by atoms with E-state index in [1.165, 1.54) is 12.0 Å².